The van der Waals surface area contributed by atoms with E-state index in [9.17, 15) is 19.5 Å². The second-order valence-corrected chi connectivity index (χ2v) is 4.54. The van der Waals surface area contributed by atoms with Crippen molar-refractivity contribution in [3.8, 4) is 11.5 Å². The van der Waals surface area contributed by atoms with Gasteiger partial charge in [-0.3, -0.25) is 9.59 Å². The number of carbonyl (C=O) groups is 3. The van der Waals surface area contributed by atoms with Crippen LogP contribution in [-0.2, 0) is 16.0 Å². The number of carboxylic acids is 1. The quantitative estimate of drug-likeness (QED) is 0.640. The van der Waals surface area contributed by atoms with Crippen molar-refractivity contribution in [1.82, 2.24) is 0 Å². The molecule has 0 atom stereocenters. The molecule has 0 radical (unpaired) electrons. The number of unbranched alkanes of at least 4 members (excludes halogenated alkanes) is 1. The Morgan fingerprint density at radius 3 is 2.19 bits per heavy atom. The predicted molar refractivity (Wildman–Crippen MR) is 74.6 cm³/mol. The SMILES string of the molecule is CCCCc1c(OC(C)=O)cc(OC(C)=O)cc1C(=O)O. The summed E-state index contributed by atoms with van der Waals surface area (Å²) in [5, 5.41) is 9.30. The van der Waals surface area contributed by atoms with E-state index in [-0.39, 0.29) is 17.1 Å². The van der Waals surface area contributed by atoms with Crippen LogP contribution in [0.5, 0.6) is 11.5 Å². The Balaban J connectivity index is 3.37. The molecule has 114 valence electrons. The molecule has 0 aromatic heterocycles. The van der Waals surface area contributed by atoms with E-state index < -0.39 is 17.9 Å². The molecule has 0 amide bonds. The zero-order chi connectivity index (χ0) is 16.0. The van der Waals surface area contributed by atoms with Crippen molar-refractivity contribution < 1.29 is 29.0 Å². The highest BCUT2D eigenvalue weighted by Gasteiger charge is 2.19. The highest BCUT2D eigenvalue weighted by Crippen LogP contribution is 2.31. The summed E-state index contributed by atoms with van der Waals surface area (Å²) in [6.07, 6.45) is 2.08. The number of hydrogen-bond donors (Lipinski definition) is 1. The zero-order valence-electron chi connectivity index (χ0n) is 12.3. The highest BCUT2D eigenvalue weighted by molar-refractivity contribution is 5.91. The van der Waals surface area contributed by atoms with Gasteiger partial charge in [-0.05, 0) is 18.9 Å². The molecule has 0 aliphatic rings. The number of esters is 2. The molecule has 0 aliphatic heterocycles. The second kappa shape index (κ2) is 7.42. The Labute approximate surface area is 122 Å². The van der Waals surface area contributed by atoms with Crippen molar-refractivity contribution in [2.45, 2.75) is 40.0 Å². The van der Waals surface area contributed by atoms with Crippen molar-refractivity contribution in [2.75, 3.05) is 0 Å². The molecule has 0 saturated carbocycles. The van der Waals surface area contributed by atoms with Crippen LogP contribution in [0.3, 0.4) is 0 Å². The maximum Gasteiger partial charge on any atom is 0.336 e. The Bertz CT molecular complexity index is 562. The van der Waals surface area contributed by atoms with Gasteiger partial charge in [-0.25, -0.2) is 4.79 Å². The summed E-state index contributed by atoms with van der Waals surface area (Å²) < 4.78 is 9.96. The van der Waals surface area contributed by atoms with E-state index in [1.54, 1.807) is 0 Å². The third-order valence-corrected chi connectivity index (χ3v) is 2.71. The van der Waals surface area contributed by atoms with Gasteiger partial charge in [0.25, 0.3) is 0 Å². The van der Waals surface area contributed by atoms with Crippen LogP contribution in [-0.4, -0.2) is 23.0 Å². The third-order valence-electron chi connectivity index (χ3n) is 2.71. The van der Waals surface area contributed by atoms with E-state index in [2.05, 4.69) is 0 Å². The molecule has 1 aromatic carbocycles. The lowest BCUT2D eigenvalue weighted by Crippen LogP contribution is -2.11. The largest absolute Gasteiger partial charge is 0.478 e. The first kappa shape index (κ1) is 16.7. The molecule has 0 spiro atoms. The molecule has 0 fully saturated rings. The van der Waals surface area contributed by atoms with Gasteiger partial charge in [-0.15, -0.1) is 0 Å². The van der Waals surface area contributed by atoms with Crippen molar-refractivity contribution in [3.63, 3.8) is 0 Å². The van der Waals surface area contributed by atoms with Gasteiger partial charge in [0.15, 0.2) is 0 Å². The van der Waals surface area contributed by atoms with Gasteiger partial charge >= 0.3 is 17.9 Å². The van der Waals surface area contributed by atoms with Gasteiger partial charge in [0.05, 0.1) is 5.56 Å². The van der Waals surface area contributed by atoms with E-state index in [1.807, 2.05) is 6.92 Å². The summed E-state index contributed by atoms with van der Waals surface area (Å²) in [7, 11) is 0. The molecule has 0 bridgehead atoms. The van der Waals surface area contributed by atoms with E-state index >= 15 is 0 Å². The summed E-state index contributed by atoms with van der Waals surface area (Å²) in [6.45, 7) is 4.40. The number of aromatic carboxylic acids is 1. The standard InChI is InChI=1S/C15H18O6/c1-4-5-6-12-13(15(18)19)7-11(20-9(2)16)8-14(12)21-10(3)17/h7-8H,4-6H2,1-3H3,(H,18,19). The molecule has 1 N–H and O–H groups in total. The fraction of sp³-hybridized carbons (Fsp3) is 0.400. The van der Waals surface area contributed by atoms with Gasteiger partial charge in [0.2, 0.25) is 0 Å². The minimum absolute atomic E-state index is 0.0292. The molecule has 6 heteroatoms. The molecule has 0 aliphatic carbocycles. The Morgan fingerprint density at radius 2 is 1.71 bits per heavy atom. The normalized spacial score (nSPS) is 10.0. The number of rotatable bonds is 6. The summed E-state index contributed by atoms with van der Waals surface area (Å²) in [4.78, 5) is 33.6. The average molecular weight is 294 g/mol. The fourth-order valence-electron chi connectivity index (χ4n) is 1.89. The van der Waals surface area contributed by atoms with Crippen LogP contribution in [0, 0.1) is 0 Å². The average Bonchev–Trinajstić information content (AvgIpc) is 2.35. The number of carbonyl (C=O) groups excluding carboxylic acids is 2. The van der Waals surface area contributed by atoms with Crippen LogP contribution < -0.4 is 9.47 Å². The van der Waals surface area contributed by atoms with Gasteiger partial charge in [-0.1, -0.05) is 13.3 Å². The van der Waals surface area contributed by atoms with Gasteiger partial charge < -0.3 is 14.6 Å². The highest BCUT2D eigenvalue weighted by atomic mass is 16.5. The Kier molecular flexibility index (Phi) is 5.90. The molecule has 6 nitrogen and oxygen atoms in total. The van der Waals surface area contributed by atoms with Crippen molar-refractivity contribution >= 4 is 17.9 Å². The van der Waals surface area contributed by atoms with Crippen LogP contribution in [0.4, 0.5) is 0 Å². The molecule has 0 heterocycles. The number of ether oxygens (including phenoxy) is 2. The maximum absolute atomic E-state index is 11.4. The molecule has 1 aromatic rings. The Hall–Kier alpha value is -2.37. The predicted octanol–water partition coefficient (Wildman–Crippen LogP) is 2.58. The second-order valence-electron chi connectivity index (χ2n) is 4.54. The van der Waals surface area contributed by atoms with Crippen LogP contribution in [0.2, 0.25) is 0 Å². The number of hydrogen-bond acceptors (Lipinski definition) is 5. The third kappa shape index (κ3) is 4.91. The van der Waals surface area contributed by atoms with Crippen LogP contribution in [0.25, 0.3) is 0 Å². The van der Waals surface area contributed by atoms with E-state index in [4.69, 9.17) is 9.47 Å². The molecule has 0 saturated heterocycles. The molecule has 1 rings (SSSR count). The fourth-order valence-corrected chi connectivity index (χ4v) is 1.89. The van der Waals surface area contributed by atoms with Crippen molar-refractivity contribution in [3.05, 3.63) is 23.3 Å². The van der Waals surface area contributed by atoms with Crippen LogP contribution in [0.15, 0.2) is 12.1 Å². The summed E-state index contributed by atoms with van der Waals surface area (Å²) in [5.74, 6) is -2.16. The lowest BCUT2D eigenvalue weighted by molar-refractivity contribution is -0.132. The lowest BCUT2D eigenvalue weighted by Gasteiger charge is -2.14. The minimum Gasteiger partial charge on any atom is -0.478 e. The first-order chi connectivity index (χ1) is 9.85. The molecular weight excluding hydrogens is 276 g/mol. The monoisotopic (exact) mass is 294 g/mol. The topological polar surface area (TPSA) is 89.9 Å². The van der Waals surface area contributed by atoms with Gasteiger partial charge in [0.1, 0.15) is 11.5 Å². The first-order valence-corrected chi connectivity index (χ1v) is 6.62. The zero-order valence-corrected chi connectivity index (χ0v) is 12.3. The van der Waals surface area contributed by atoms with Gasteiger partial charge in [-0.2, -0.15) is 0 Å². The van der Waals surface area contributed by atoms with Crippen LogP contribution >= 0.6 is 0 Å². The summed E-state index contributed by atoms with van der Waals surface area (Å²) in [5.41, 5.74) is 0.397. The number of benzene rings is 1. The van der Waals surface area contributed by atoms with Crippen molar-refractivity contribution in [1.29, 1.82) is 0 Å². The maximum atomic E-state index is 11.4. The molecular formula is C15H18O6. The number of carboxylic acid groups (broad SMARTS) is 1. The Morgan fingerprint density at radius 1 is 1.10 bits per heavy atom. The smallest absolute Gasteiger partial charge is 0.336 e. The molecule has 21 heavy (non-hydrogen) atoms. The van der Waals surface area contributed by atoms with Crippen LogP contribution in [0.1, 0.15) is 49.5 Å². The van der Waals surface area contributed by atoms with E-state index in [1.165, 1.54) is 26.0 Å². The molecule has 0 unspecified atom stereocenters. The van der Waals surface area contributed by atoms with Crippen molar-refractivity contribution in [2.24, 2.45) is 0 Å². The van der Waals surface area contributed by atoms with E-state index in [0.717, 1.165) is 12.8 Å². The summed E-state index contributed by atoms with van der Waals surface area (Å²) in [6, 6.07) is 2.63. The minimum atomic E-state index is -1.16. The summed E-state index contributed by atoms with van der Waals surface area (Å²) >= 11 is 0. The van der Waals surface area contributed by atoms with E-state index in [0.29, 0.717) is 12.0 Å². The first-order valence-electron chi connectivity index (χ1n) is 6.62. The van der Waals surface area contributed by atoms with Gasteiger partial charge in [0, 0.05) is 25.5 Å². The lowest BCUT2D eigenvalue weighted by atomic mass is 10.00.